The van der Waals surface area contributed by atoms with E-state index in [-0.39, 0.29) is 12.4 Å². The molecule has 8 heteroatoms. The van der Waals surface area contributed by atoms with Gasteiger partial charge in [-0.15, -0.1) is 10.2 Å². The number of aliphatic carboxylic acids is 1. The lowest BCUT2D eigenvalue weighted by Gasteiger charge is -2.34. The molecule has 0 aliphatic rings. The van der Waals surface area contributed by atoms with E-state index in [2.05, 4.69) is 10.2 Å². The number of carbonyl (C=O) groups is 1. The molecule has 0 saturated carbocycles. The van der Waals surface area contributed by atoms with Gasteiger partial charge < -0.3 is 10.0 Å². The number of carboxylic acid groups (broad SMARTS) is 1. The highest BCUT2D eigenvalue weighted by Gasteiger charge is 2.36. The first-order chi connectivity index (χ1) is 8.60. The van der Waals surface area contributed by atoms with Crippen LogP contribution in [0.2, 0.25) is 0 Å². The van der Waals surface area contributed by atoms with Crippen LogP contribution in [0.4, 0.5) is 19.0 Å². The zero-order valence-electron chi connectivity index (χ0n) is 10.7. The van der Waals surface area contributed by atoms with E-state index in [4.69, 9.17) is 5.11 Å². The molecule has 0 unspecified atom stereocenters. The minimum atomic E-state index is -4.56. The van der Waals surface area contributed by atoms with Crippen LogP contribution >= 0.6 is 0 Å². The average molecular weight is 277 g/mol. The highest BCUT2D eigenvalue weighted by atomic mass is 19.4. The van der Waals surface area contributed by atoms with Gasteiger partial charge in [0.25, 0.3) is 0 Å². The van der Waals surface area contributed by atoms with Crippen molar-refractivity contribution in [2.24, 2.45) is 0 Å². The fraction of sp³-hybridized carbons (Fsp3) is 0.545. The lowest BCUT2D eigenvalue weighted by atomic mass is 10.0. The zero-order chi connectivity index (χ0) is 14.8. The molecule has 106 valence electrons. The number of carboxylic acids is 1. The van der Waals surface area contributed by atoms with Crippen LogP contribution < -0.4 is 4.90 Å². The van der Waals surface area contributed by atoms with Crippen LogP contribution in [0.1, 0.15) is 26.5 Å². The number of rotatable bonds is 4. The van der Waals surface area contributed by atoms with Gasteiger partial charge in [-0.05, 0) is 32.9 Å². The first-order valence-electron chi connectivity index (χ1n) is 5.52. The van der Waals surface area contributed by atoms with Crippen LogP contribution in [-0.4, -0.2) is 33.4 Å². The van der Waals surface area contributed by atoms with E-state index < -0.39 is 23.4 Å². The average Bonchev–Trinajstić information content (AvgIpc) is 2.28. The Kier molecular flexibility index (Phi) is 4.02. The van der Waals surface area contributed by atoms with Crippen molar-refractivity contribution < 1.29 is 23.1 Å². The van der Waals surface area contributed by atoms with Gasteiger partial charge in [0.1, 0.15) is 5.54 Å². The predicted octanol–water partition coefficient (Wildman–Crippen LogP) is 2.18. The third-order valence-corrected chi connectivity index (χ3v) is 2.73. The smallest absolute Gasteiger partial charge is 0.435 e. The third-order valence-electron chi connectivity index (χ3n) is 2.73. The monoisotopic (exact) mass is 277 g/mol. The van der Waals surface area contributed by atoms with Crippen molar-refractivity contribution in [3.8, 4) is 0 Å². The van der Waals surface area contributed by atoms with Crippen molar-refractivity contribution in [1.82, 2.24) is 10.2 Å². The maximum absolute atomic E-state index is 12.4. The Morgan fingerprint density at radius 3 is 2.21 bits per heavy atom. The number of alkyl halides is 3. The molecule has 0 spiro atoms. The predicted molar refractivity (Wildman–Crippen MR) is 61.8 cm³/mol. The number of aromatic nitrogens is 2. The van der Waals surface area contributed by atoms with Crippen LogP contribution in [-0.2, 0) is 11.0 Å². The summed E-state index contributed by atoms with van der Waals surface area (Å²) < 4.78 is 37.1. The number of anilines is 1. The second-order valence-electron chi connectivity index (χ2n) is 4.38. The summed E-state index contributed by atoms with van der Waals surface area (Å²) in [6, 6.07) is 1.90. The Hall–Kier alpha value is -1.86. The molecule has 0 atom stereocenters. The minimum absolute atomic E-state index is 0.0860. The second-order valence-corrected chi connectivity index (χ2v) is 4.38. The SMILES string of the molecule is CCN(c1ccc(C(F)(F)F)nn1)C(C)(C)C(=O)O. The van der Waals surface area contributed by atoms with Crippen LogP contribution in [0.3, 0.4) is 0 Å². The van der Waals surface area contributed by atoms with Gasteiger partial charge in [-0.2, -0.15) is 13.2 Å². The Morgan fingerprint density at radius 2 is 1.89 bits per heavy atom. The van der Waals surface area contributed by atoms with Gasteiger partial charge in [-0.25, -0.2) is 4.79 Å². The number of hydrogen-bond donors (Lipinski definition) is 1. The second kappa shape index (κ2) is 5.02. The quantitative estimate of drug-likeness (QED) is 0.913. The third kappa shape index (κ3) is 3.12. The van der Waals surface area contributed by atoms with Gasteiger partial charge in [-0.1, -0.05) is 0 Å². The molecule has 5 nitrogen and oxygen atoms in total. The molecule has 0 amide bonds. The number of halogens is 3. The molecule has 0 bridgehead atoms. The normalized spacial score (nSPS) is 12.3. The summed E-state index contributed by atoms with van der Waals surface area (Å²) >= 11 is 0. The van der Waals surface area contributed by atoms with Crippen molar-refractivity contribution in [2.45, 2.75) is 32.5 Å². The van der Waals surface area contributed by atoms with E-state index >= 15 is 0 Å². The maximum atomic E-state index is 12.4. The first kappa shape index (κ1) is 15.2. The summed E-state index contributed by atoms with van der Waals surface area (Å²) in [6.07, 6.45) is -4.56. The maximum Gasteiger partial charge on any atom is 0.435 e. The summed E-state index contributed by atoms with van der Waals surface area (Å²) in [5.74, 6) is -1.01. The molecule has 0 aliphatic heterocycles. The topological polar surface area (TPSA) is 66.3 Å². The Morgan fingerprint density at radius 1 is 1.32 bits per heavy atom. The molecular formula is C11H14F3N3O2. The Labute approximate surface area is 108 Å². The summed E-state index contributed by atoms with van der Waals surface area (Å²) in [7, 11) is 0. The van der Waals surface area contributed by atoms with Crippen LogP contribution in [0, 0.1) is 0 Å². The zero-order valence-corrected chi connectivity index (χ0v) is 10.7. The van der Waals surface area contributed by atoms with Crippen molar-refractivity contribution in [2.75, 3.05) is 11.4 Å². The van der Waals surface area contributed by atoms with Crippen LogP contribution in [0.15, 0.2) is 12.1 Å². The number of hydrogen-bond acceptors (Lipinski definition) is 4. The van der Waals surface area contributed by atoms with Crippen LogP contribution in [0.5, 0.6) is 0 Å². The van der Waals surface area contributed by atoms with E-state index in [9.17, 15) is 18.0 Å². The molecule has 0 aromatic carbocycles. The fourth-order valence-corrected chi connectivity index (χ4v) is 1.58. The van der Waals surface area contributed by atoms with Gasteiger partial charge in [-0.3, -0.25) is 0 Å². The molecular weight excluding hydrogens is 263 g/mol. The molecule has 1 aromatic heterocycles. The van der Waals surface area contributed by atoms with Crippen molar-refractivity contribution in [3.05, 3.63) is 17.8 Å². The van der Waals surface area contributed by atoms with Crippen molar-refractivity contribution in [1.29, 1.82) is 0 Å². The summed E-state index contributed by atoms with van der Waals surface area (Å²) in [6.45, 7) is 4.85. The Balaban J connectivity index is 3.11. The van der Waals surface area contributed by atoms with Gasteiger partial charge >= 0.3 is 12.1 Å². The van der Waals surface area contributed by atoms with E-state index in [0.717, 1.165) is 12.1 Å². The molecule has 1 N–H and O–H groups in total. The van der Waals surface area contributed by atoms with Gasteiger partial charge in [0.2, 0.25) is 0 Å². The molecule has 1 rings (SSSR count). The molecule has 19 heavy (non-hydrogen) atoms. The minimum Gasteiger partial charge on any atom is -0.480 e. The molecule has 1 heterocycles. The fourth-order valence-electron chi connectivity index (χ4n) is 1.58. The standard InChI is InChI=1S/C11H14F3N3O2/c1-4-17(10(2,3)9(18)19)8-6-5-7(15-16-8)11(12,13)14/h5-6H,4H2,1-3H3,(H,18,19). The number of nitrogens with zero attached hydrogens (tertiary/aromatic N) is 3. The molecule has 0 saturated heterocycles. The van der Waals surface area contributed by atoms with Crippen molar-refractivity contribution in [3.63, 3.8) is 0 Å². The van der Waals surface area contributed by atoms with Gasteiger partial charge in [0.05, 0.1) is 0 Å². The lowest BCUT2D eigenvalue weighted by molar-refractivity contribution is -0.143. The largest absolute Gasteiger partial charge is 0.480 e. The lowest BCUT2D eigenvalue weighted by Crippen LogP contribution is -2.50. The van der Waals surface area contributed by atoms with Crippen molar-refractivity contribution >= 4 is 11.8 Å². The number of likely N-dealkylation sites (N-methyl/N-ethyl adjacent to an activating group) is 1. The molecule has 0 aliphatic carbocycles. The van der Waals surface area contributed by atoms with Gasteiger partial charge in [0.15, 0.2) is 11.5 Å². The highest BCUT2D eigenvalue weighted by molar-refractivity contribution is 5.82. The van der Waals surface area contributed by atoms with E-state index in [1.165, 1.54) is 18.7 Å². The Bertz CT molecular complexity index is 457. The van der Waals surface area contributed by atoms with E-state index in [1.807, 2.05) is 0 Å². The highest BCUT2D eigenvalue weighted by Crippen LogP contribution is 2.28. The summed E-state index contributed by atoms with van der Waals surface area (Å²) in [4.78, 5) is 12.5. The molecule has 1 aromatic rings. The van der Waals surface area contributed by atoms with Gasteiger partial charge in [0, 0.05) is 6.54 Å². The summed E-state index contributed by atoms with van der Waals surface area (Å²) in [5.41, 5.74) is -2.40. The summed E-state index contributed by atoms with van der Waals surface area (Å²) in [5, 5.41) is 15.7. The molecule has 0 fully saturated rings. The molecule has 0 radical (unpaired) electrons. The first-order valence-corrected chi connectivity index (χ1v) is 5.52. The van der Waals surface area contributed by atoms with E-state index in [0.29, 0.717) is 0 Å². The van der Waals surface area contributed by atoms with Crippen LogP contribution in [0.25, 0.3) is 0 Å². The van der Waals surface area contributed by atoms with E-state index in [1.54, 1.807) is 6.92 Å².